The molecule has 1 aromatic carbocycles. The molecule has 0 atom stereocenters. The Morgan fingerprint density at radius 1 is 1.30 bits per heavy atom. The van der Waals surface area contributed by atoms with E-state index in [9.17, 15) is 0 Å². The predicted octanol–water partition coefficient (Wildman–Crippen LogP) is 2.76. The second kappa shape index (κ2) is 7.64. The van der Waals surface area contributed by atoms with Crippen LogP contribution in [0.3, 0.4) is 0 Å². The Hall–Kier alpha value is -1.07. The van der Waals surface area contributed by atoms with E-state index >= 15 is 0 Å². The number of rotatable bonds is 7. The Labute approximate surface area is 130 Å². The molecule has 0 fully saturated rings. The molecule has 4 nitrogen and oxygen atoms in total. The third kappa shape index (κ3) is 5.13. The van der Waals surface area contributed by atoms with Crippen molar-refractivity contribution < 1.29 is 0 Å². The van der Waals surface area contributed by atoms with E-state index in [0.717, 1.165) is 35.4 Å². The maximum atomic E-state index is 7.79. The summed E-state index contributed by atoms with van der Waals surface area (Å²) in [7, 11) is 4.14. The van der Waals surface area contributed by atoms with Crippen LogP contribution in [-0.4, -0.2) is 44.5 Å². The Bertz CT molecular complexity index is 457. The minimum atomic E-state index is 0.111. The minimum Gasteiger partial charge on any atom is -0.384 e. The Balaban J connectivity index is 3.08. The summed E-state index contributed by atoms with van der Waals surface area (Å²) in [5.74, 6) is 0.667. The van der Waals surface area contributed by atoms with Crippen molar-refractivity contribution in [3.05, 3.63) is 28.2 Å². The van der Waals surface area contributed by atoms with Gasteiger partial charge in [-0.15, -0.1) is 0 Å². The third-order valence-electron chi connectivity index (χ3n) is 2.99. The first-order valence-electron chi connectivity index (χ1n) is 6.85. The van der Waals surface area contributed by atoms with Crippen molar-refractivity contribution in [1.29, 1.82) is 5.41 Å². The van der Waals surface area contributed by atoms with Crippen LogP contribution >= 0.6 is 15.9 Å². The third-order valence-corrected chi connectivity index (χ3v) is 3.49. The fourth-order valence-electron chi connectivity index (χ4n) is 2.07. The van der Waals surface area contributed by atoms with Crippen LogP contribution in [0.4, 0.5) is 5.69 Å². The van der Waals surface area contributed by atoms with Crippen molar-refractivity contribution in [2.75, 3.05) is 38.6 Å². The molecule has 0 aliphatic carbocycles. The van der Waals surface area contributed by atoms with Gasteiger partial charge in [0.15, 0.2) is 0 Å². The highest BCUT2D eigenvalue weighted by Crippen LogP contribution is 2.25. The quantitative estimate of drug-likeness (QED) is 0.592. The van der Waals surface area contributed by atoms with Crippen molar-refractivity contribution in [1.82, 2.24) is 4.90 Å². The molecule has 0 unspecified atom stereocenters. The number of hydrogen-bond donors (Lipinski definition) is 2. The topological polar surface area (TPSA) is 56.4 Å². The Morgan fingerprint density at radius 3 is 2.45 bits per heavy atom. The second-order valence-corrected chi connectivity index (χ2v) is 6.63. The number of nitrogens with one attached hydrogen (secondary N) is 1. The Morgan fingerprint density at radius 2 is 1.95 bits per heavy atom. The van der Waals surface area contributed by atoms with E-state index in [2.05, 4.69) is 53.7 Å². The first-order valence-corrected chi connectivity index (χ1v) is 7.64. The summed E-state index contributed by atoms with van der Waals surface area (Å²) >= 11 is 3.45. The average molecular weight is 341 g/mol. The van der Waals surface area contributed by atoms with Crippen LogP contribution in [0.25, 0.3) is 0 Å². The van der Waals surface area contributed by atoms with E-state index in [-0.39, 0.29) is 5.84 Å². The largest absolute Gasteiger partial charge is 0.384 e. The molecule has 0 radical (unpaired) electrons. The second-order valence-electron chi connectivity index (χ2n) is 5.72. The molecule has 0 aliphatic rings. The van der Waals surface area contributed by atoms with Gasteiger partial charge in [-0.05, 0) is 38.2 Å². The van der Waals surface area contributed by atoms with Crippen LogP contribution in [-0.2, 0) is 0 Å². The Kier molecular flexibility index (Phi) is 6.49. The summed E-state index contributed by atoms with van der Waals surface area (Å²) in [6.07, 6.45) is 0. The normalized spacial score (nSPS) is 11.2. The maximum Gasteiger partial charge on any atom is 0.124 e. The van der Waals surface area contributed by atoms with Gasteiger partial charge in [0.05, 0.1) is 0 Å². The molecule has 0 bridgehead atoms. The van der Waals surface area contributed by atoms with Gasteiger partial charge in [0.25, 0.3) is 0 Å². The van der Waals surface area contributed by atoms with Crippen molar-refractivity contribution in [3.8, 4) is 0 Å². The number of anilines is 1. The molecule has 0 aromatic heterocycles. The number of likely N-dealkylation sites (N-methyl/N-ethyl adjacent to an activating group) is 1. The minimum absolute atomic E-state index is 0.111. The molecular formula is C15H25BrN4. The smallest absolute Gasteiger partial charge is 0.124 e. The van der Waals surface area contributed by atoms with Crippen LogP contribution in [0.5, 0.6) is 0 Å². The van der Waals surface area contributed by atoms with Gasteiger partial charge in [-0.25, -0.2) is 0 Å². The van der Waals surface area contributed by atoms with E-state index in [1.165, 1.54) is 0 Å². The summed E-state index contributed by atoms with van der Waals surface area (Å²) < 4.78 is 0.948. The van der Waals surface area contributed by atoms with E-state index in [0.29, 0.717) is 5.92 Å². The molecule has 5 heteroatoms. The summed E-state index contributed by atoms with van der Waals surface area (Å²) in [6.45, 7) is 7.26. The van der Waals surface area contributed by atoms with E-state index < -0.39 is 0 Å². The number of amidine groups is 1. The van der Waals surface area contributed by atoms with Crippen molar-refractivity contribution >= 4 is 27.5 Å². The zero-order valence-corrected chi connectivity index (χ0v) is 14.4. The summed E-state index contributed by atoms with van der Waals surface area (Å²) in [5.41, 5.74) is 7.56. The lowest BCUT2D eigenvalue weighted by atomic mass is 10.1. The molecule has 0 spiro atoms. The van der Waals surface area contributed by atoms with E-state index in [4.69, 9.17) is 11.1 Å². The van der Waals surface area contributed by atoms with Gasteiger partial charge in [0.2, 0.25) is 0 Å². The standard InChI is InChI=1S/C15H25BrN4/c1-11(2)10-20(8-7-19(3)4)14-6-5-12(16)9-13(14)15(17)18/h5-6,9,11H,7-8,10H2,1-4H3,(H3,17,18). The molecule has 0 amide bonds. The first kappa shape index (κ1) is 17.0. The number of hydrogen-bond acceptors (Lipinski definition) is 3. The highest BCUT2D eigenvalue weighted by Gasteiger charge is 2.15. The van der Waals surface area contributed by atoms with Crippen molar-refractivity contribution in [3.63, 3.8) is 0 Å². The number of nitrogens with two attached hydrogens (primary N) is 1. The van der Waals surface area contributed by atoms with E-state index in [1.54, 1.807) is 0 Å². The lowest BCUT2D eigenvalue weighted by Crippen LogP contribution is -2.35. The zero-order chi connectivity index (χ0) is 15.3. The highest BCUT2D eigenvalue weighted by atomic mass is 79.9. The fraction of sp³-hybridized carbons (Fsp3) is 0.533. The number of halogens is 1. The van der Waals surface area contributed by atoms with Crippen LogP contribution in [0.2, 0.25) is 0 Å². The number of benzene rings is 1. The number of nitrogen functional groups attached to an aromatic ring is 1. The molecule has 0 saturated heterocycles. The van der Waals surface area contributed by atoms with E-state index in [1.807, 2.05) is 18.2 Å². The van der Waals surface area contributed by atoms with Gasteiger partial charge in [0, 0.05) is 35.4 Å². The van der Waals surface area contributed by atoms with Gasteiger partial charge in [-0.2, -0.15) is 0 Å². The predicted molar refractivity (Wildman–Crippen MR) is 90.8 cm³/mol. The highest BCUT2D eigenvalue weighted by molar-refractivity contribution is 9.10. The molecule has 1 aromatic rings. The summed E-state index contributed by atoms with van der Waals surface area (Å²) in [4.78, 5) is 4.48. The number of nitrogens with zero attached hydrogens (tertiary/aromatic N) is 2. The summed E-state index contributed by atoms with van der Waals surface area (Å²) in [6, 6.07) is 5.96. The molecule has 3 N–H and O–H groups in total. The van der Waals surface area contributed by atoms with Crippen LogP contribution < -0.4 is 10.6 Å². The molecule has 0 saturated carbocycles. The van der Waals surface area contributed by atoms with Gasteiger partial charge in [-0.3, -0.25) is 5.41 Å². The molecular weight excluding hydrogens is 316 g/mol. The van der Waals surface area contributed by atoms with Crippen LogP contribution in [0.1, 0.15) is 19.4 Å². The maximum absolute atomic E-state index is 7.79. The molecule has 112 valence electrons. The first-order chi connectivity index (χ1) is 9.31. The molecule has 0 aliphatic heterocycles. The summed E-state index contributed by atoms with van der Waals surface area (Å²) in [5, 5.41) is 7.79. The molecule has 1 rings (SSSR count). The fourth-order valence-corrected chi connectivity index (χ4v) is 2.43. The van der Waals surface area contributed by atoms with Crippen LogP contribution in [0, 0.1) is 11.3 Å². The lowest BCUT2D eigenvalue weighted by Gasteiger charge is -2.30. The zero-order valence-electron chi connectivity index (χ0n) is 12.8. The van der Waals surface area contributed by atoms with Crippen molar-refractivity contribution in [2.24, 2.45) is 11.7 Å². The van der Waals surface area contributed by atoms with Gasteiger partial charge in [0.1, 0.15) is 5.84 Å². The molecule has 20 heavy (non-hydrogen) atoms. The average Bonchev–Trinajstić information content (AvgIpc) is 2.33. The lowest BCUT2D eigenvalue weighted by molar-refractivity contribution is 0.409. The van der Waals surface area contributed by atoms with Crippen LogP contribution in [0.15, 0.2) is 22.7 Å². The monoisotopic (exact) mass is 340 g/mol. The van der Waals surface area contributed by atoms with Gasteiger partial charge in [-0.1, -0.05) is 29.8 Å². The SMILES string of the molecule is CC(C)CN(CCN(C)C)c1ccc(Br)cc1C(=N)N. The van der Waals surface area contributed by atoms with Gasteiger partial charge < -0.3 is 15.5 Å². The van der Waals surface area contributed by atoms with Gasteiger partial charge >= 0.3 is 0 Å². The van der Waals surface area contributed by atoms with Crippen molar-refractivity contribution in [2.45, 2.75) is 13.8 Å². The molecule has 0 heterocycles.